The van der Waals surface area contributed by atoms with Gasteiger partial charge in [0, 0.05) is 24.7 Å². The molecule has 3 N–H and O–H groups in total. The Morgan fingerprint density at radius 3 is 2.58 bits per heavy atom. The molecular formula is C22H33NO10. The lowest BCUT2D eigenvalue weighted by Gasteiger charge is -2.59. The summed E-state index contributed by atoms with van der Waals surface area (Å²) in [5, 5.41) is 20.0. The van der Waals surface area contributed by atoms with Crippen LogP contribution in [0.1, 0.15) is 59.3 Å². The van der Waals surface area contributed by atoms with Crippen molar-refractivity contribution in [3.05, 3.63) is 0 Å². The maximum atomic E-state index is 12.5. The van der Waals surface area contributed by atoms with E-state index in [1.54, 1.807) is 0 Å². The molecule has 5 aliphatic rings. The van der Waals surface area contributed by atoms with Gasteiger partial charge >= 0.3 is 11.9 Å². The molecule has 186 valence electrons. The van der Waals surface area contributed by atoms with Gasteiger partial charge in [-0.1, -0.05) is 13.8 Å². The standard InChI is InChI=1S/C22H33NO10/c1-11-4-5-14-12(2)19(29-17(26)7-6-16(25)23-15(10-24)18(27)28)30-20-22(14)13(11)8-9-21(3,31-20)32-33-22/h11-15,19-20,24H,4-10H2,1-3H3,(H,23,25)(H,27,28)/t11-,12-,13+,14+,15-,19-,20-,21-,22-/m1/s1. The van der Waals surface area contributed by atoms with Crippen LogP contribution in [0.3, 0.4) is 0 Å². The first-order valence-electron chi connectivity index (χ1n) is 11.6. The number of aliphatic hydroxyl groups excluding tert-OH is 1. The minimum atomic E-state index is -1.42. The number of carbonyl (C=O) groups is 3. The highest BCUT2D eigenvalue weighted by molar-refractivity contribution is 5.85. The molecule has 0 unspecified atom stereocenters. The summed E-state index contributed by atoms with van der Waals surface area (Å²) in [6, 6.07) is -1.42. The van der Waals surface area contributed by atoms with E-state index in [0.29, 0.717) is 12.3 Å². The normalized spacial score (nSPS) is 42.5. The number of esters is 1. The Balaban J connectivity index is 1.41. The van der Waals surface area contributed by atoms with Gasteiger partial charge in [-0.3, -0.25) is 9.59 Å². The van der Waals surface area contributed by atoms with Crippen molar-refractivity contribution in [3.63, 3.8) is 0 Å². The lowest BCUT2D eigenvalue weighted by molar-refractivity contribution is -0.576. The molecule has 4 heterocycles. The van der Waals surface area contributed by atoms with Gasteiger partial charge in [-0.2, -0.15) is 0 Å². The van der Waals surface area contributed by atoms with E-state index in [0.717, 1.165) is 19.3 Å². The van der Waals surface area contributed by atoms with Crippen LogP contribution in [-0.2, 0) is 38.4 Å². The molecule has 0 aromatic heterocycles. The molecule has 0 radical (unpaired) electrons. The lowest BCUT2D eigenvalue weighted by atomic mass is 9.58. The molecule has 33 heavy (non-hydrogen) atoms. The van der Waals surface area contributed by atoms with Gasteiger partial charge in [-0.25, -0.2) is 14.6 Å². The summed E-state index contributed by atoms with van der Waals surface area (Å²) in [5.74, 6) is -3.17. The molecule has 1 saturated carbocycles. The van der Waals surface area contributed by atoms with E-state index in [1.807, 2.05) is 13.8 Å². The number of amides is 1. The van der Waals surface area contributed by atoms with Crippen LogP contribution in [0.15, 0.2) is 0 Å². The van der Waals surface area contributed by atoms with Gasteiger partial charge in [0.15, 0.2) is 11.9 Å². The highest BCUT2D eigenvalue weighted by Gasteiger charge is 2.69. The van der Waals surface area contributed by atoms with Crippen LogP contribution in [0, 0.1) is 23.7 Å². The third-order valence-electron chi connectivity index (χ3n) is 7.72. The number of carboxylic acid groups (broad SMARTS) is 1. The van der Waals surface area contributed by atoms with Gasteiger partial charge < -0.3 is 29.7 Å². The molecule has 1 aliphatic carbocycles. The van der Waals surface area contributed by atoms with Crippen molar-refractivity contribution in [1.29, 1.82) is 0 Å². The zero-order chi connectivity index (χ0) is 24.0. The number of aliphatic hydroxyl groups is 1. The van der Waals surface area contributed by atoms with Crippen molar-refractivity contribution in [2.24, 2.45) is 23.7 Å². The number of carboxylic acids is 1. The van der Waals surface area contributed by atoms with Crippen LogP contribution in [0.2, 0.25) is 0 Å². The predicted molar refractivity (Wildman–Crippen MR) is 109 cm³/mol. The fourth-order valence-electron chi connectivity index (χ4n) is 5.86. The molecule has 5 rings (SSSR count). The third kappa shape index (κ3) is 4.37. The van der Waals surface area contributed by atoms with E-state index in [9.17, 15) is 14.4 Å². The Morgan fingerprint density at radius 1 is 1.12 bits per heavy atom. The van der Waals surface area contributed by atoms with Crippen LogP contribution in [0.25, 0.3) is 0 Å². The van der Waals surface area contributed by atoms with Crippen molar-refractivity contribution in [2.75, 3.05) is 6.61 Å². The first-order valence-corrected chi connectivity index (χ1v) is 11.6. The number of hydrogen-bond donors (Lipinski definition) is 3. The summed E-state index contributed by atoms with van der Waals surface area (Å²) in [7, 11) is 0. The van der Waals surface area contributed by atoms with Crippen LogP contribution >= 0.6 is 0 Å². The molecule has 0 aromatic rings. The average Bonchev–Trinajstić information content (AvgIpc) is 3.00. The number of rotatable bonds is 7. The number of carbonyl (C=O) groups excluding carboxylic acids is 2. The second-order valence-electron chi connectivity index (χ2n) is 9.90. The molecule has 2 bridgehead atoms. The van der Waals surface area contributed by atoms with Gasteiger partial charge in [0.1, 0.15) is 6.04 Å². The maximum Gasteiger partial charge on any atom is 0.328 e. The summed E-state index contributed by atoms with van der Waals surface area (Å²) in [4.78, 5) is 47.1. The zero-order valence-electron chi connectivity index (χ0n) is 19.2. The van der Waals surface area contributed by atoms with E-state index in [2.05, 4.69) is 12.2 Å². The molecular weight excluding hydrogens is 438 g/mol. The topological polar surface area (TPSA) is 150 Å². The number of ether oxygens (including phenoxy) is 3. The average molecular weight is 472 g/mol. The third-order valence-corrected chi connectivity index (χ3v) is 7.72. The first kappa shape index (κ1) is 24.3. The van der Waals surface area contributed by atoms with E-state index in [-0.39, 0.29) is 30.6 Å². The number of fused-ring (bicyclic) bond motifs is 2. The minimum absolute atomic E-state index is 0.00192. The summed E-state index contributed by atoms with van der Waals surface area (Å²) < 4.78 is 18.0. The summed E-state index contributed by atoms with van der Waals surface area (Å²) in [6.45, 7) is 5.24. The van der Waals surface area contributed by atoms with Crippen LogP contribution < -0.4 is 5.32 Å². The number of aliphatic carboxylic acids is 1. The maximum absolute atomic E-state index is 12.5. The van der Waals surface area contributed by atoms with Gasteiger partial charge in [0.05, 0.1) is 13.0 Å². The Bertz CT molecular complexity index is 791. The van der Waals surface area contributed by atoms with E-state index >= 15 is 0 Å². The number of nitrogens with one attached hydrogen (secondary N) is 1. The summed E-state index contributed by atoms with van der Waals surface area (Å²) >= 11 is 0. The van der Waals surface area contributed by atoms with Crippen molar-refractivity contribution in [2.45, 2.75) is 89.3 Å². The molecule has 5 fully saturated rings. The largest absolute Gasteiger partial charge is 0.480 e. The monoisotopic (exact) mass is 471 g/mol. The van der Waals surface area contributed by atoms with Crippen LogP contribution in [-0.4, -0.2) is 64.7 Å². The number of hydrogen-bond acceptors (Lipinski definition) is 9. The molecule has 1 amide bonds. The Kier molecular flexibility index (Phi) is 6.71. The van der Waals surface area contributed by atoms with Gasteiger partial charge in [-0.05, 0) is 38.0 Å². The van der Waals surface area contributed by atoms with E-state index < -0.39 is 54.5 Å². The molecule has 1 spiro atoms. The smallest absolute Gasteiger partial charge is 0.328 e. The minimum Gasteiger partial charge on any atom is -0.480 e. The molecule has 9 atom stereocenters. The Morgan fingerprint density at radius 2 is 1.88 bits per heavy atom. The lowest BCUT2D eigenvalue weighted by Crippen LogP contribution is -2.70. The molecule has 4 aliphatic heterocycles. The van der Waals surface area contributed by atoms with Crippen LogP contribution in [0.5, 0.6) is 0 Å². The van der Waals surface area contributed by atoms with Gasteiger partial charge in [-0.15, -0.1) is 0 Å². The summed E-state index contributed by atoms with van der Waals surface area (Å²) in [6.07, 6.45) is 1.31. The highest BCUT2D eigenvalue weighted by atomic mass is 17.3. The Labute approximate surface area is 191 Å². The van der Waals surface area contributed by atoms with Crippen molar-refractivity contribution >= 4 is 17.8 Å². The highest BCUT2D eigenvalue weighted by Crippen LogP contribution is 2.60. The van der Waals surface area contributed by atoms with Crippen molar-refractivity contribution in [3.8, 4) is 0 Å². The fraction of sp³-hybridized carbons (Fsp3) is 0.864. The van der Waals surface area contributed by atoms with E-state index in [1.165, 1.54) is 0 Å². The predicted octanol–water partition coefficient (Wildman–Crippen LogP) is 1.08. The molecule has 11 nitrogen and oxygen atoms in total. The Hall–Kier alpha value is -1.79. The fourth-order valence-corrected chi connectivity index (χ4v) is 5.86. The zero-order valence-corrected chi connectivity index (χ0v) is 19.2. The van der Waals surface area contributed by atoms with Gasteiger partial charge in [0.2, 0.25) is 18.0 Å². The van der Waals surface area contributed by atoms with Crippen LogP contribution in [0.4, 0.5) is 0 Å². The van der Waals surface area contributed by atoms with Gasteiger partial charge in [0.25, 0.3) is 0 Å². The van der Waals surface area contributed by atoms with E-state index in [4.69, 9.17) is 34.2 Å². The second kappa shape index (κ2) is 9.10. The summed E-state index contributed by atoms with van der Waals surface area (Å²) in [5.41, 5.74) is -0.758. The van der Waals surface area contributed by atoms with Crippen molar-refractivity contribution in [1.82, 2.24) is 5.32 Å². The van der Waals surface area contributed by atoms with Crippen molar-refractivity contribution < 1.29 is 48.6 Å². The first-order chi connectivity index (χ1) is 15.6. The molecule has 0 aromatic carbocycles. The SMILES string of the molecule is C[C@H]1[C@H](OC(=O)CCC(=O)N[C@H](CO)C(=O)O)O[C@@H]2O[C@@]3(C)CC[C@H]4[C@H](C)CC[C@@H]1[C@@]24OO3. The molecule has 11 heteroatoms. The second-order valence-corrected chi connectivity index (χ2v) is 9.90. The quantitative estimate of drug-likeness (QED) is 0.363. The molecule has 4 saturated heterocycles.